The maximum atomic E-state index is 5.42. The van der Waals surface area contributed by atoms with E-state index in [9.17, 15) is 0 Å². The summed E-state index contributed by atoms with van der Waals surface area (Å²) in [6.07, 6.45) is 2.62. The molecule has 0 aliphatic carbocycles. The van der Waals surface area contributed by atoms with Crippen molar-refractivity contribution in [1.82, 2.24) is 10.3 Å². The van der Waals surface area contributed by atoms with Gasteiger partial charge in [-0.05, 0) is 60.6 Å². The molecule has 134 valence electrons. The van der Waals surface area contributed by atoms with Gasteiger partial charge in [-0.3, -0.25) is 4.98 Å². The monoisotopic (exact) mass is 367 g/mol. The first-order valence-electron chi connectivity index (χ1n) is 8.31. The number of pyridine rings is 1. The number of anilines is 1. The average Bonchev–Trinajstić information content (AvgIpc) is 2.69. The van der Waals surface area contributed by atoms with E-state index in [2.05, 4.69) is 27.8 Å². The summed E-state index contributed by atoms with van der Waals surface area (Å²) in [5.74, 6) is 1.60. The molecule has 0 aliphatic heterocycles. The van der Waals surface area contributed by atoms with Gasteiger partial charge in [0.05, 0.1) is 14.2 Å². The highest BCUT2D eigenvalue weighted by Gasteiger charge is 2.08. The molecule has 26 heavy (non-hydrogen) atoms. The standard InChI is InChI=1S/C20H21N3O2S/c1-24-15-7-5-14(6-8-15)11-13-22-20(26)23-17-9-10-18(25-2)19-16(17)4-3-12-21-19/h3-10,12H,11,13H2,1-2H3,(H2,22,23,26). The molecule has 2 aromatic carbocycles. The minimum Gasteiger partial charge on any atom is -0.497 e. The maximum Gasteiger partial charge on any atom is 0.170 e. The van der Waals surface area contributed by atoms with Crippen LogP contribution in [-0.4, -0.2) is 30.9 Å². The number of rotatable bonds is 6. The first-order chi connectivity index (χ1) is 12.7. The van der Waals surface area contributed by atoms with Gasteiger partial charge in [-0.15, -0.1) is 0 Å². The Morgan fingerprint density at radius 1 is 1.04 bits per heavy atom. The number of nitrogens with one attached hydrogen (secondary N) is 2. The normalized spacial score (nSPS) is 10.4. The number of ether oxygens (including phenoxy) is 2. The van der Waals surface area contributed by atoms with E-state index in [0.717, 1.165) is 41.1 Å². The lowest BCUT2D eigenvalue weighted by atomic mass is 10.1. The number of aromatic nitrogens is 1. The number of nitrogens with zero attached hydrogens (tertiary/aromatic N) is 1. The van der Waals surface area contributed by atoms with Gasteiger partial charge in [0, 0.05) is 23.8 Å². The lowest BCUT2D eigenvalue weighted by Gasteiger charge is -2.14. The Morgan fingerprint density at radius 2 is 1.85 bits per heavy atom. The second-order valence-electron chi connectivity index (χ2n) is 5.69. The Kier molecular flexibility index (Phi) is 5.86. The van der Waals surface area contributed by atoms with Crippen molar-refractivity contribution in [3.63, 3.8) is 0 Å². The summed E-state index contributed by atoms with van der Waals surface area (Å²) in [5.41, 5.74) is 2.93. The highest BCUT2D eigenvalue weighted by molar-refractivity contribution is 7.80. The second-order valence-corrected chi connectivity index (χ2v) is 6.10. The Morgan fingerprint density at radius 3 is 2.58 bits per heavy atom. The topological polar surface area (TPSA) is 55.4 Å². The van der Waals surface area contributed by atoms with Gasteiger partial charge in [0.25, 0.3) is 0 Å². The quantitative estimate of drug-likeness (QED) is 0.647. The molecular formula is C20H21N3O2S. The van der Waals surface area contributed by atoms with E-state index in [0.29, 0.717) is 5.11 Å². The highest BCUT2D eigenvalue weighted by Crippen LogP contribution is 2.29. The van der Waals surface area contributed by atoms with E-state index in [1.54, 1.807) is 20.4 Å². The van der Waals surface area contributed by atoms with E-state index in [-0.39, 0.29) is 0 Å². The number of fused-ring (bicyclic) bond motifs is 1. The second kappa shape index (κ2) is 8.49. The van der Waals surface area contributed by atoms with Crippen molar-refractivity contribution < 1.29 is 9.47 Å². The minimum atomic E-state index is 0.578. The molecule has 1 heterocycles. The van der Waals surface area contributed by atoms with Gasteiger partial charge in [-0.25, -0.2) is 0 Å². The summed E-state index contributed by atoms with van der Waals surface area (Å²) in [5, 5.41) is 8.03. The third-order valence-electron chi connectivity index (χ3n) is 4.06. The summed E-state index contributed by atoms with van der Waals surface area (Å²) < 4.78 is 10.5. The molecule has 2 N–H and O–H groups in total. The molecule has 0 radical (unpaired) electrons. The van der Waals surface area contributed by atoms with Crippen molar-refractivity contribution in [1.29, 1.82) is 0 Å². The van der Waals surface area contributed by atoms with Gasteiger partial charge in [0.2, 0.25) is 0 Å². The lowest BCUT2D eigenvalue weighted by molar-refractivity contribution is 0.414. The fourth-order valence-electron chi connectivity index (χ4n) is 2.70. The first-order valence-corrected chi connectivity index (χ1v) is 8.71. The lowest BCUT2D eigenvalue weighted by Crippen LogP contribution is -2.30. The third-order valence-corrected chi connectivity index (χ3v) is 4.31. The van der Waals surface area contributed by atoms with Crippen molar-refractivity contribution in [2.24, 2.45) is 0 Å². The highest BCUT2D eigenvalue weighted by atomic mass is 32.1. The fraction of sp³-hybridized carbons (Fsp3) is 0.200. The molecule has 0 aliphatic rings. The Labute approximate surface area is 158 Å². The molecular weight excluding hydrogens is 346 g/mol. The van der Waals surface area contributed by atoms with Crippen molar-refractivity contribution in [3.8, 4) is 11.5 Å². The van der Waals surface area contributed by atoms with Crippen molar-refractivity contribution in [2.45, 2.75) is 6.42 Å². The van der Waals surface area contributed by atoms with Gasteiger partial charge >= 0.3 is 0 Å². The van der Waals surface area contributed by atoms with E-state index in [4.69, 9.17) is 21.7 Å². The van der Waals surface area contributed by atoms with Gasteiger partial charge < -0.3 is 20.1 Å². The zero-order chi connectivity index (χ0) is 18.4. The van der Waals surface area contributed by atoms with Crippen molar-refractivity contribution >= 4 is 33.9 Å². The first kappa shape index (κ1) is 17.9. The van der Waals surface area contributed by atoms with Crippen LogP contribution in [0.25, 0.3) is 10.9 Å². The molecule has 5 nitrogen and oxygen atoms in total. The van der Waals surface area contributed by atoms with E-state index >= 15 is 0 Å². The minimum absolute atomic E-state index is 0.578. The maximum absolute atomic E-state index is 5.42. The van der Waals surface area contributed by atoms with Gasteiger partial charge in [-0.2, -0.15) is 0 Å². The number of thiocarbonyl (C=S) groups is 1. The zero-order valence-corrected chi connectivity index (χ0v) is 15.6. The molecule has 0 saturated carbocycles. The molecule has 1 aromatic heterocycles. The van der Waals surface area contributed by atoms with Gasteiger partial charge in [0.1, 0.15) is 17.0 Å². The van der Waals surface area contributed by atoms with Crippen LogP contribution in [0.4, 0.5) is 5.69 Å². The zero-order valence-electron chi connectivity index (χ0n) is 14.8. The number of methoxy groups -OCH3 is 2. The number of hydrogen-bond acceptors (Lipinski definition) is 4. The predicted octanol–water partition coefficient (Wildman–Crippen LogP) is 3.78. The predicted molar refractivity (Wildman–Crippen MR) is 109 cm³/mol. The van der Waals surface area contributed by atoms with Crippen LogP contribution in [0.15, 0.2) is 54.7 Å². The molecule has 6 heteroatoms. The Balaban J connectivity index is 1.60. The SMILES string of the molecule is COc1ccc(CCNC(=S)Nc2ccc(OC)c3ncccc23)cc1. The van der Waals surface area contributed by atoms with Crippen LogP contribution in [0, 0.1) is 0 Å². The van der Waals surface area contributed by atoms with Gasteiger partial charge in [-0.1, -0.05) is 12.1 Å². The summed E-state index contributed by atoms with van der Waals surface area (Å²) in [6.45, 7) is 0.741. The largest absolute Gasteiger partial charge is 0.497 e. The Hall–Kier alpha value is -2.86. The van der Waals surface area contributed by atoms with Crippen LogP contribution in [-0.2, 0) is 6.42 Å². The number of hydrogen-bond donors (Lipinski definition) is 2. The van der Waals surface area contributed by atoms with Crippen LogP contribution in [0.5, 0.6) is 11.5 Å². The van der Waals surface area contributed by atoms with Crippen LogP contribution >= 0.6 is 12.2 Å². The smallest absolute Gasteiger partial charge is 0.170 e. The summed E-state index contributed by atoms with van der Waals surface area (Å²) in [4.78, 5) is 4.40. The summed E-state index contributed by atoms with van der Waals surface area (Å²) >= 11 is 5.42. The van der Waals surface area contributed by atoms with Crippen LogP contribution in [0.2, 0.25) is 0 Å². The van der Waals surface area contributed by atoms with Crippen LogP contribution in [0.3, 0.4) is 0 Å². The van der Waals surface area contributed by atoms with E-state index in [1.165, 1.54) is 5.56 Å². The van der Waals surface area contributed by atoms with E-state index in [1.807, 2.05) is 36.4 Å². The van der Waals surface area contributed by atoms with Crippen LogP contribution < -0.4 is 20.1 Å². The molecule has 0 atom stereocenters. The molecule has 0 unspecified atom stereocenters. The van der Waals surface area contributed by atoms with Crippen LogP contribution in [0.1, 0.15) is 5.56 Å². The molecule has 3 aromatic rings. The Bertz CT molecular complexity index is 897. The van der Waals surface area contributed by atoms with E-state index < -0.39 is 0 Å². The summed E-state index contributed by atoms with van der Waals surface area (Å²) in [6, 6.07) is 15.8. The molecule has 0 amide bonds. The van der Waals surface area contributed by atoms with Crippen molar-refractivity contribution in [2.75, 3.05) is 26.1 Å². The average molecular weight is 367 g/mol. The molecule has 0 saturated heterocycles. The number of benzene rings is 2. The molecule has 0 fully saturated rings. The van der Waals surface area contributed by atoms with Gasteiger partial charge in [0.15, 0.2) is 5.11 Å². The fourth-order valence-corrected chi connectivity index (χ4v) is 2.91. The molecule has 0 bridgehead atoms. The molecule has 3 rings (SSSR count). The molecule has 0 spiro atoms. The van der Waals surface area contributed by atoms with Crippen molar-refractivity contribution in [3.05, 3.63) is 60.3 Å². The summed E-state index contributed by atoms with van der Waals surface area (Å²) in [7, 11) is 3.31. The third kappa shape index (κ3) is 4.21.